The molecule has 0 spiro atoms. The van der Waals surface area contributed by atoms with Crippen LogP contribution in [-0.4, -0.2) is 18.0 Å². The fraction of sp³-hybridized carbons (Fsp3) is 0.130. The van der Waals surface area contributed by atoms with Gasteiger partial charge in [0, 0.05) is 11.8 Å². The van der Waals surface area contributed by atoms with Crippen LogP contribution in [0.25, 0.3) is 6.08 Å². The van der Waals surface area contributed by atoms with Crippen molar-refractivity contribution in [3.05, 3.63) is 88.6 Å². The number of carbonyl (C=O) groups is 2. The molecule has 3 aromatic rings. The largest absolute Gasteiger partial charge is 0.489 e. The molecule has 6 heteroatoms. The monoisotopic (exact) mass is 407 g/mol. The van der Waals surface area contributed by atoms with Gasteiger partial charge in [0.25, 0.3) is 5.91 Å². The van der Waals surface area contributed by atoms with E-state index in [9.17, 15) is 9.59 Å². The topological polar surface area (TPSA) is 64.6 Å². The summed E-state index contributed by atoms with van der Waals surface area (Å²) < 4.78 is 10.9. The minimum absolute atomic E-state index is 0.403. The van der Waals surface area contributed by atoms with Crippen LogP contribution < -0.4 is 10.1 Å². The van der Waals surface area contributed by atoms with Gasteiger partial charge in [-0.05, 0) is 65.2 Å². The SMILES string of the molecule is C[C@@H](OC(=O)/C=C/c1ccsc1)C(=O)Nc1ccc(OCc2ccccc2)cc1. The van der Waals surface area contributed by atoms with E-state index in [2.05, 4.69) is 5.32 Å². The Morgan fingerprint density at radius 2 is 1.83 bits per heavy atom. The first-order chi connectivity index (χ1) is 14.1. The summed E-state index contributed by atoms with van der Waals surface area (Å²) in [7, 11) is 0. The summed E-state index contributed by atoms with van der Waals surface area (Å²) in [4.78, 5) is 24.1. The van der Waals surface area contributed by atoms with Crippen LogP contribution in [0.4, 0.5) is 5.69 Å². The van der Waals surface area contributed by atoms with E-state index in [-0.39, 0.29) is 0 Å². The number of carbonyl (C=O) groups excluding carboxylic acids is 2. The lowest BCUT2D eigenvalue weighted by Gasteiger charge is -2.13. The normalized spacial score (nSPS) is 11.8. The molecule has 29 heavy (non-hydrogen) atoms. The molecule has 3 rings (SSSR count). The molecule has 148 valence electrons. The number of nitrogens with one attached hydrogen (secondary N) is 1. The van der Waals surface area contributed by atoms with E-state index in [1.54, 1.807) is 30.3 Å². The number of amides is 1. The number of thiophene rings is 1. The van der Waals surface area contributed by atoms with Crippen molar-refractivity contribution in [3.8, 4) is 5.75 Å². The first-order valence-corrected chi connectivity index (χ1v) is 10.0. The first-order valence-electron chi connectivity index (χ1n) is 9.09. The summed E-state index contributed by atoms with van der Waals surface area (Å²) in [5.74, 6) is -0.270. The molecule has 0 saturated heterocycles. The number of anilines is 1. The molecular weight excluding hydrogens is 386 g/mol. The second-order valence-corrected chi connectivity index (χ2v) is 7.04. The van der Waals surface area contributed by atoms with E-state index in [0.29, 0.717) is 18.0 Å². The number of rotatable bonds is 8. The van der Waals surface area contributed by atoms with Gasteiger partial charge in [0.05, 0.1) is 0 Å². The van der Waals surface area contributed by atoms with E-state index in [4.69, 9.17) is 9.47 Å². The summed E-state index contributed by atoms with van der Waals surface area (Å²) in [5.41, 5.74) is 2.59. The highest BCUT2D eigenvalue weighted by atomic mass is 32.1. The minimum Gasteiger partial charge on any atom is -0.489 e. The fourth-order valence-corrected chi connectivity index (χ4v) is 3.05. The third-order valence-electron chi connectivity index (χ3n) is 3.99. The maximum atomic E-state index is 12.2. The molecule has 0 aliphatic carbocycles. The number of hydrogen-bond donors (Lipinski definition) is 1. The van der Waals surface area contributed by atoms with E-state index < -0.39 is 18.0 Å². The molecular formula is C23H21NO4S. The summed E-state index contributed by atoms with van der Waals surface area (Å²) in [5, 5.41) is 6.55. The second kappa shape index (κ2) is 10.2. The average Bonchev–Trinajstić information content (AvgIpc) is 3.26. The molecule has 0 fully saturated rings. The molecule has 1 amide bonds. The standard InChI is InChI=1S/C23H21NO4S/c1-17(28-22(25)12-7-19-13-14-29-16-19)23(26)24-20-8-10-21(11-9-20)27-15-18-5-3-2-4-6-18/h2-14,16-17H,15H2,1H3,(H,24,26)/b12-7+/t17-/m1/s1. The predicted molar refractivity (Wildman–Crippen MR) is 115 cm³/mol. The average molecular weight is 407 g/mol. The molecule has 0 unspecified atom stereocenters. The maximum absolute atomic E-state index is 12.2. The van der Waals surface area contributed by atoms with Crippen molar-refractivity contribution in [1.29, 1.82) is 0 Å². The van der Waals surface area contributed by atoms with Crippen LogP contribution in [0.2, 0.25) is 0 Å². The smallest absolute Gasteiger partial charge is 0.331 e. The molecule has 0 saturated carbocycles. The Hall–Kier alpha value is -3.38. The zero-order valence-corrected chi connectivity index (χ0v) is 16.7. The van der Waals surface area contributed by atoms with Crippen molar-refractivity contribution in [2.45, 2.75) is 19.6 Å². The van der Waals surface area contributed by atoms with Crippen LogP contribution in [0.3, 0.4) is 0 Å². The number of benzene rings is 2. The molecule has 0 aliphatic heterocycles. The molecule has 1 atom stereocenters. The highest BCUT2D eigenvalue weighted by Crippen LogP contribution is 2.17. The third-order valence-corrected chi connectivity index (χ3v) is 4.69. The quantitative estimate of drug-likeness (QED) is 0.426. The van der Waals surface area contributed by atoms with E-state index in [1.807, 2.05) is 47.2 Å². The zero-order chi connectivity index (χ0) is 20.5. The molecule has 0 radical (unpaired) electrons. The van der Waals surface area contributed by atoms with Gasteiger partial charge < -0.3 is 14.8 Å². The highest BCUT2D eigenvalue weighted by Gasteiger charge is 2.16. The Bertz CT molecular complexity index is 950. The summed E-state index contributed by atoms with van der Waals surface area (Å²) in [6.07, 6.45) is 2.05. The van der Waals surface area contributed by atoms with Gasteiger partial charge in [0.15, 0.2) is 6.10 Å². The number of hydrogen-bond acceptors (Lipinski definition) is 5. The van der Waals surface area contributed by atoms with Crippen molar-refractivity contribution >= 4 is 35.0 Å². The third kappa shape index (κ3) is 6.62. The number of ether oxygens (including phenoxy) is 2. The van der Waals surface area contributed by atoms with Crippen LogP contribution in [0.15, 0.2) is 77.5 Å². The van der Waals surface area contributed by atoms with Gasteiger partial charge in [-0.25, -0.2) is 4.79 Å². The molecule has 1 heterocycles. The van der Waals surface area contributed by atoms with Crippen molar-refractivity contribution in [1.82, 2.24) is 0 Å². The van der Waals surface area contributed by atoms with E-state index >= 15 is 0 Å². The Morgan fingerprint density at radius 1 is 1.07 bits per heavy atom. The molecule has 2 aromatic carbocycles. The van der Waals surface area contributed by atoms with E-state index in [1.165, 1.54) is 24.3 Å². The Labute approximate surface area is 173 Å². The molecule has 1 aromatic heterocycles. The van der Waals surface area contributed by atoms with Gasteiger partial charge >= 0.3 is 5.97 Å². The predicted octanol–water partition coefficient (Wildman–Crippen LogP) is 4.91. The lowest BCUT2D eigenvalue weighted by atomic mass is 10.2. The van der Waals surface area contributed by atoms with Crippen molar-refractivity contribution < 1.29 is 19.1 Å². The zero-order valence-electron chi connectivity index (χ0n) is 15.9. The van der Waals surface area contributed by atoms with Gasteiger partial charge in [-0.3, -0.25) is 4.79 Å². The molecule has 1 N–H and O–H groups in total. The van der Waals surface area contributed by atoms with Gasteiger partial charge in [-0.2, -0.15) is 11.3 Å². The summed E-state index contributed by atoms with van der Waals surface area (Å²) >= 11 is 1.54. The van der Waals surface area contributed by atoms with Gasteiger partial charge in [-0.1, -0.05) is 30.3 Å². The van der Waals surface area contributed by atoms with Crippen molar-refractivity contribution in [3.63, 3.8) is 0 Å². The van der Waals surface area contributed by atoms with Gasteiger partial charge in [-0.15, -0.1) is 0 Å². The minimum atomic E-state index is -0.913. The molecule has 0 bridgehead atoms. The van der Waals surface area contributed by atoms with Gasteiger partial charge in [0.2, 0.25) is 0 Å². The lowest BCUT2D eigenvalue weighted by molar-refractivity contribution is -0.148. The fourth-order valence-electron chi connectivity index (χ4n) is 2.42. The Morgan fingerprint density at radius 3 is 2.52 bits per heavy atom. The van der Waals surface area contributed by atoms with E-state index in [0.717, 1.165) is 11.1 Å². The van der Waals surface area contributed by atoms with Crippen LogP contribution in [0.1, 0.15) is 18.1 Å². The first kappa shape index (κ1) is 20.4. The van der Waals surface area contributed by atoms with Crippen LogP contribution >= 0.6 is 11.3 Å². The van der Waals surface area contributed by atoms with Crippen molar-refractivity contribution in [2.24, 2.45) is 0 Å². The van der Waals surface area contributed by atoms with Gasteiger partial charge in [0.1, 0.15) is 12.4 Å². The molecule has 0 aliphatic rings. The van der Waals surface area contributed by atoms with Crippen LogP contribution in [-0.2, 0) is 20.9 Å². The maximum Gasteiger partial charge on any atom is 0.331 e. The Balaban J connectivity index is 1.46. The van der Waals surface area contributed by atoms with Crippen LogP contribution in [0.5, 0.6) is 5.75 Å². The summed E-state index contributed by atoms with van der Waals surface area (Å²) in [6.45, 7) is 2.00. The second-order valence-electron chi connectivity index (χ2n) is 6.26. The Kier molecular flexibility index (Phi) is 7.19. The highest BCUT2D eigenvalue weighted by molar-refractivity contribution is 7.08. The number of esters is 1. The lowest BCUT2D eigenvalue weighted by Crippen LogP contribution is -2.29. The molecule has 5 nitrogen and oxygen atoms in total. The van der Waals surface area contributed by atoms with Crippen molar-refractivity contribution in [2.75, 3.05) is 5.32 Å². The summed E-state index contributed by atoms with van der Waals surface area (Å²) in [6, 6.07) is 18.8. The van der Waals surface area contributed by atoms with Crippen LogP contribution in [0, 0.1) is 0 Å².